The third-order valence-corrected chi connectivity index (χ3v) is 2.58. The van der Waals surface area contributed by atoms with E-state index < -0.39 is 0 Å². The largest absolute Gasteiger partial charge is 0.303 e. The number of amides is 2. The van der Waals surface area contributed by atoms with Gasteiger partial charge in [0.05, 0.1) is 11.1 Å². The van der Waals surface area contributed by atoms with Crippen molar-refractivity contribution < 1.29 is 14.4 Å². The van der Waals surface area contributed by atoms with E-state index >= 15 is 0 Å². The lowest BCUT2D eigenvalue weighted by atomic mass is 10.1. The summed E-state index contributed by atoms with van der Waals surface area (Å²) < 4.78 is 0. The summed E-state index contributed by atoms with van der Waals surface area (Å²) in [4.78, 5) is 35.0. The van der Waals surface area contributed by atoms with E-state index in [9.17, 15) is 14.4 Å². The van der Waals surface area contributed by atoms with E-state index in [0.29, 0.717) is 30.5 Å². The Hall–Kier alpha value is -1.97. The van der Waals surface area contributed by atoms with Crippen molar-refractivity contribution in [3.05, 3.63) is 35.4 Å². The Balaban J connectivity index is 0.000000771. The molecule has 1 aliphatic heterocycles. The summed E-state index contributed by atoms with van der Waals surface area (Å²) in [6.45, 7) is 4.31. The van der Waals surface area contributed by atoms with Crippen molar-refractivity contribution in [2.45, 2.75) is 26.7 Å². The summed E-state index contributed by atoms with van der Waals surface area (Å²) in [6, 6.07) is 6.77. The lowest BCUT2D eigenvalue weighted by Gasteiger charge is -2.12. The van der Waals surface area contributed by atoms with Gasteiger partial charge >= 0.3 is 0 Å². The molecule has 0 saturated heterocycles. The van der Waals surface area contributed by atoms with Crippen molar-refractivity contribution in [3.8, 4) is 0 Å². The molecule has 0 aliphatic carbocycles. The first-order valence-electron chi connectivity index (χ1n) is 6.14. The van der Waals surface area contributed by atoms with E-state index in [0.717, 1.165) is 6.29 Å². The molecule has 1 aromatic rings. The predicted molar refractivity (Wildman–Crippen MR) is 68.5 cm³/mol. The number of rotatable bonds is 4. The van der Waals surface area contributed by atoms with Crippen molar-refractivity contribution in [1.29, 1.82) is 0 Å². The first kappa shape index (κ1) is 14.1. The van der Waals surface area contributed by atoms with Crippen molar-refractivity contribution in [1.82, 2.24) is 4.90 Å². The van der Waals surface area contributed by atoms with Gasteiger partial charge < -0.3 is 4.79 Å². The van der Waals surface area contributed by atoms with E-state index in [1.165, 1.54) is 4.90 Å². The average molecular weight is 247 g/mol. The van der Waals surface area contributed by atoms with Crippen LogP contribution in [0, 0.1) is 0 Å². The fourth-order valence-corrected chi connectivity index (χ4v) is 1.77. The third-order valence-electron chi connectivity index (χ3n) is 2.58. The fourth-order valence-electron chi connectivity index (χ4n) is 1.77. The van der Waals surface area contributed by atoms with Crippen LogP contribution in [0.15, 0.2) is 24.3 Å². The van der Waals surface area contributed by atoms with Crippen LogP contribution in [0.5, 0.6) is 0 Å². The van der Waals surface area contributed by atoms with Crippen LogP contribution in [0.2, 0.25) is 0 Å². The van der Waals surface area contributed by atoms with Crippen molar-refractivity contribution >= 4 is 18.1 Å². The van der Waals surface area contributed by atoms with Gasteiger partial charge in [-0.2, -0.15) is 0 Å². The number of nitrogens with zero attached hydrogens (tertiary/aromatic N) is 1. The number of hydrogen-bond donors (Lipinski definition) is 0. The van der Waals surface area contributed by atoms with Crippen LogP contribution >= 0.6 is 0 Å². The molecule has 0 aromatic heterocycles. The van der Waals surface area contributed by atoms with Crippen LogP contribution < -0.4 is 0 Å². The number of carbonyl (C=O) groups excluding carboxylic acids is 3. The van der Waals surface area contributed by atoms with Crippen LogP contribution in [-0.4, -0.2) is 29.5 Å². The third kappa shape index (κ3) is 2.64. The Bertz CT molecular complexity index is 419. The van der Waals surface area contributed by atoms with Crippen molar-refractivity contribution in [2.24, 2.45) is 0 Å². The number of unbranched alkanes of at least 4 members (excludes halogenated alkanes) is 1. The van der Waals surface area contributed by atoms with Crippen molar-refractivity contribution in [3.63, 3.8) is 0 Å². The molecule has 0 unspecified atom stereocenters. The molecule has 2 rings (SSSR count). The topological polar surface area (TPSA) is 54.5 Å². The number of hydrogen-bond acceptors (Lipinski definition) is 3. The zero-order valence-corrected chi connectivity index (χ0v) is 10.7. The molecule has 0 fully saturated rings. The first-order valence-corrected chi connectivity index (χ1v) is 6.14. The molecule has 0 radical (unpaired) electrons. The van der Waals surface area contributed by atoms with Gasteiger partial charge in [-0.05, 0) is 18.6 Å². The maximum atomic E-state index is 11.8. The highest BCUT2D eigenvalue weighted by molar-refractivity contribution is 6.21. The summed E-state index contributed by atoms with van der Waals surface area (Å²) in [5.74, 6) is -0.516. The SMILES string of the molecule is CC.O=CCCCN1C(=O)c2ccccc2C1=O. The Morgan fingerprint density at radius 1 is 1.06 bits per heavy atom. The Kier molecular flexibility index (Phi) is 5.24. The summed E-state index contributed by atoms with van der Waals surface area (Å²) in [6.07, 6.45) is 1.68. The lowest BCUT2D eigenvalue weighted by Crippen LogP contribution is -2.30. The second kappa shape index (κ2) is 6.69. The molecule has 0 bridgehead atoms. The summed E-state index contributed by atoms with van der Waals surface area (Å²) in [7, 11) is 0. The second-order valence-corrected chi connectivity index (χ2v) is 3.62. The number of fused-ring (bicyclic) bond motifs is 1. The van der Waals surface area contributed by atoms with Crippen molar-refractivity contribution in [2.75, 3.05) is 6.54 Å². The summed E-state index contributed by atoms with van der Waals surface area (Å²) in [5, 5.41) is 0. The summed E-state index contributed by atoms with van der Waals surface area (Å²) >= 11 is 0. The minimum atomic E-state index is -0.258. The smallest absolute Gasteiger partial charge is 0.261 e. The minimum absolute atomic E-state index is 0.258. The highest BCUT2D eigenvalue weighted by Gasteiger charge is 2.34. The fraction of sp³-hybridized carbons (Fsp3) is 0.357. The predicted octanol–water partition coefficient (Wildman–Crippen LogP) is 2.29. The standard InChI is InChI=1S/C12H11NO3.C2H6/c14-8-4-3-7-13-11(15)9-5-1-2-6-10(9)12(13)16;1-2/h1-2,5-6,8H,3-4,7H2;1-2H3. The number of imide groups is 1. The molecule has 4 heteroatoms. The molecule has 0 spiro atoms. The lowest BCUT2D eigenvalue weighted by molar-refractivity contribution is -0.108. The van der Waals surface area contributed by atoms with Gasteiger partial charge in [0.1, 0.15) is 6.29 Å². The number of aldehydes is 1. The van der Waals surface area contributed by atoms with Gasteiger partial charge in [-0.3, -0.25) is 14.5 Å². The molecule has 18 heavy (non-hydrogen) atoms. The molecule has 1 aliphatic rings. The van der Waals surface area contributed by atoms with Gasteiger partial charge in [-0.25, -0.2) is 0 Å². The molecular weight excluding hydrogens is 230 g/mol. The van der Waals surface area contributed by atoms with Crippen LogP contribution in [-0.2, 0) is 4.79 Å². The van der Waals surface area contributed by atoms with Crippen LogP contribution in [0.3, 0.4) is 0 Å². The van der Waals surface area contributed by atoms with E-state index in [-0.39, 0.29) is 11.8 Å². The van der Waals surface area contributed by atoms with Gasteiger partial charge in [0.25, 0.3) is 11.8 Å². The Morgan fingerprint density at radius 2 is 1.56 bits per heavy atom. The molecule has 96 valence electrons. The van der Waals surface area contributed by atoms with Gasteiger partial charge in [0, 0.05) is 13.0 Å². The van der Waals surface area contributed by atoms with E-state index in [1.807, 2.05) is 13.8 Å². The first-order chi connectivity index (χ1) is 8.75. The molecule has 0 atom stereocenters. The second-order valence-electron chi connectivity index (χ2n) is 3.62. The molecule has 0 N–H and O–H groups in total. The van der Waals surface area contributed by atoms with Gasteiger partial charge in [0.2, 0.25) is 0 Å². The van der Waals surface area contributed by atoms with E-state index in [1.54, 1.807) is 24.3 Å². The quantitative estimate of drug-likeness (QED) is 0.466. The number of carbonyl (C=O) groups is 3. The molecule has 1 aromatic carbocycles. The number of benzene rings is 1. The Morgan fingerprint density at radius 3 is 2.00 bits per heavy atom. The van der Waals surface area contributed by atoms with E-state index in [4.69, 9.17) is 0 Å². The minimum Gasteiger partial charge on any atom is -0.303 e. The monoisotopic (exact) mass is 247 g/mol. The van der Waals surface area contributed by atoms with Gasteiger partial charge in [-0.1, -0.05) is 26.0 Å². The zero-order chi connectivity index (χ0) is 13.5. The van der Waals surface area contributed by atoms with Gasteiger partial charge in [-0.15, -0.1) is 0 Å². The molecular formula is C14H17NO3. The zero-order valence-electron chi connectivity index (χ0n) is 10.7. The Labute approximate surface area is 107 Å². The normalized spacial score (nSPS) is 12.9. The molecule has 0 saturated carbocycles. The van der Waals surface area contributed by atoms with Gasteiger partial charge in [0.15, 0.2) is 0 Å². The van der Waals surface area contributed by atoms with Crippen LogP contribution in [0.4, 0.5) is 0 Å². The average Bonchev–Trinajstić information content (AvgIpc) is 2.67. The maximum Gasteiger partial charge on any atom is 0.261 e. The maximum absolute atomic E-state index is 11.8. The summed E-state index contributed by atoms with van der Waals surface area (Å²) in [5.41, 5.74) is 0.914. The molecule has 2 amide bonds. The molecule has 4 nitrogen and oxygen atoms in total. The highest BCUT2D eigenvalue weighted by atomic mass is 16.2. The highest BCUT2D eigenvalue weighted by Crippen LogP contribution is 2.22. The van der Waals surface area contributed by atoms with Crippen LogP contribution in [0.1, 0.15) is 47.4 Å². The van der Waals surface area contributed by atoms with E-state index in [2.05, 4.69) is 0 Å². The van der Waals surface area contributed by atoms with Crippen LogP contribution in [0.25, 0.3) is 0 Å². The molecule has 1 heterocycles.